The molecule has 1 unspecified atom stereocenters. The van der Waals surface area contributed by atoms with Crippen LogP contribution in [0.25, 0.3) is 11.4 Å². The Kier molecular flexibility index (Phi) is 2.35. The van der Waals surface area contributed by atoms with E-state index >= 15 is 0 Å². The molecular formula is C9H10N2O2S. The molecule has 0 saturated heterocycles. The number of hydrogen-bond acceptors (Lipinski definition) is 5. The number of aromatic nitrogens is 2. The highest BCUT2D eigenvalue weighted by Crippen LogP contribution is 2.25. The number of thiophene rings is 1. The molecule has 2 aromatic heterocycles. The zero-order valence-corrected chi connectivity index (χ0v) is 8.71. The van der Waals surface area contributed by atoms with Crippen molar-refractivity contribution in [3.05, 3.63) is 22.2 Å². The quantitative estimate of drug-likeness (QED) is 0.825. The molecule has 0 aliphatic carbocycles. The molecule has 0 saturated carbocycles. The Hall–Kier alpha value is -1.20. The van der Waals surface area contributed by atoms with E-state index in [-0.39, 0.29) is 5.89 Å². The van der Waals surface area contributed by atoms with E-state index in [1.165, 1.54) is 0 Å². The van der Waals surface area contributed by atoms with Crippen LogP contribution in [0.1, 0.15) is 24.5 Å². The van der Waals surface area contributed by atoms with Crippen molar-refractivity contribution < 1.29 is 9.63 Å². The van der Waals surface area contributed by atoms with Crippen molar-refractivity contribution in [1.29, 1.82) is 0 Å². The molecule has 0 spiro atoms. The summed E-state index contributed by atoms with van der Waals surface area (Å²) in [7, 11) is 0. The molecule has 0 radical (unpaired) electrons. The minimum absolute atomic E-state index is 0.255. The first-order chi connectivity index (χ1) is 6.68. The van der Waals surface area contributed by atoms with Crippen molar-refractivity contribution >= 4 is 11.3 Å². The minimum Gasteiger partial charge on any atom is -0.384 e. The van der Waals surface area contributed by atoms with E-state index in [0.717, 1.165) is 11.1 Å². The minimum atomic E-state index is -0.713. The summed E-state index contributed by atoms with van der Waals surface area (Å²) in [4.78, 5) is 4.09. The molecule has 0 aromatic carbocycles. The van der Waals surface area contributed by atoms with Gasteiger partial charge in [0.15, 0.2) is 0 Å². The van der Waals surface area contributed by atoms with Crippen molar-refractivity contribution in [1.82, 2.24) is 10.1 Å². The maximum absolute atomic E-state index is 9.21. The average Bonchev–Trinajstić information content (AvgIpc) is 2.71. The molecule has 74 valence electrons. The number of aryl methyl sites for hydroxylation is 1. The summed E-state index contributed by atoms with van der Waals surface area (Å²) < 4.78 is 4.90. The summed E-state index contributed by atoms with van der Waals surface area (Å²) in [5, 5.41) is 17.0. The lowest BCUT2D eigenvalue weighted by Gasteiger charge is -1.92. The van der Waals surface area contributed by atoms with Crippen LogP contribution in [-0.4, -0.2) is 15.2 Å². The van der Waals surface area contributed by atoms with Crippen LogP contribution in [0.3, 0.4) is 0 Å². The number of nitrogens with zero attached hydrogens (tertiary/aromatic N) is 2. The third kappa shape index (κ3) is 1.56. The van der Waals surface area contributed by atoms with Crippen LogP contribution in [0, 0.1) is 6.92 Å². The Morgan fingerprint density at radius 1 is 1.50 bits per heavy atom. The van der Waals surface area contributed by atoms with Gasteiger partial charge in [0.1, 0.15) is 6.10 Å². The lowest BCUT2D eigenvalue weighted by Crippen LogP contribution is -1.90. The molecule has 0 amide bonds. The SMILES string of the molecule is Cc1cscc1-c1noc(C(C)O)n1. The Balaban J connectivity index is 2.39. The van der Waals surface area contributed by atoms with E-state index in [4.69, 9.17) is 4.52 Å². The molecule has 4 nitrogen and oxygen atoms in total. The van der Waals surface area contributed by atoms with Gasteiger partial charge < -0.3 is 9.63 Å². The maximum Gasteiger partial charge on any atom is 0.255 e. The second kappa shape index (κ2) is 3.51. The van der Waals surface area contributed by atoms with E-state index in [1.54, 1.807) is 18.3 Å². The second-order valence-electron chi connectivity index (χ2n) is 3.10. The van der Waals surface area contributed by atoms with Crippen molar-refractivity contribution in [2.24, 2.45) is 0 Å². The van der Waals surface area contributed by atoms with Crippen LogP contribution in [0.5, 0.6) is 0 Å². The Morgan fingerprint density at radius 2 is 2.29 bits per heavy atom. The number of aliphatic hydroxyl groups excluding tert-OH is 1. The summed E-state index contributed by atoms with van der Waals surface area (Å²) in [5.41, 5.74) is 2.08. The predicted octanol–water partition coefficient (Wildman–Crippen LogP) is 2.16. The van der Waals surface area contributed by atoms with Gasteiger partial charge in [-0.3, -0.25) is 0 Å². The molecule has 0 aliphatic rings. The Labute approximate surface area is 85.2 Å². The highest BCUT2D eigenvalue weighted by atomic mass is 32.1. The molecule has 1 atom stereocenters. The maximum atomic E-state index is 9.21. The van der Waals surface area contributed by atoms with E-state index in [0.29, 0.717) is 5.82 Å². The molecule has 2 rings (SSSR count). The molecule has 0 bridgehead atoms. The third-order valence-electron chi connectivity index (χ3n) is 1.90. The summed E-state index contributed by atoms with van der Waals surface area (Å²) in [6.45, 7) is 3.59. The van der Waals surface area contributed by atoms with E-state index in [1.807, 2.05) is 17.7 Å². The van der Waals surface area contributed by atoms with Crippen LogP contribution >= 0.6 is 11.3 Å². The number of hydrogen-bond donors (Lipinski definition) is 1. The highest BCUT2D eigenvalue weighted by molar-refractivity contribution is 7.08. The lowest BCUT2D eigenvalue weighted by molar-refractivity contribution is 0.152. The average molecular weight is 210 g/mol. The molecule has 1 N–H and O–H groups in total. The van der Waals surface area contributed by atoms with Crippen molar-refractivity contribution in [2.45, 2.75) is 20.0 Å². The fourth-order valence-electron chi connectivity index (χ4n) is 1.10. The van der Waals surface area contributed by atoms with Crippen molar-refractivity contribution in [3.8, 4) is 11.4 Å². The zero-order valence-electron chi connectivity index (χ0n) is 7.89. The summed E-state index contributed by atoms with van der Waals surface area (Å²) in [6.07, 6.45) is -0.713. The van der Waals surface area contributed by atoms with Crippen LogP contribution in [0.15, 0.2) is 15.3 Å². The van der Waals surface area contributed by atoms with E-state index in [2.05, 4.69) is 10.1 Å². The Bertz CT molecular complexity index is 433. The first-order valence-electron chi connectivity index (χ1n) is 4.23. The number of rotatable bonds is 2. The molecular weight excluding hydrogens is 200 g/mol. The van der Waals surface area contributed by atoms with Crippen molar-refractivity contribution in [2.75, 3.05) is 0 Å². The number of aliphatic hydroxyl groups is 1. The predicted molar refractivity (Wildman–Crippen MR) is 53.0 cm³/mol. The van der Waals surface area contributed by atoms with Gasteiger partial charge in [-0.2, -0.15) is 16.3 Å². The normalized spacial score (nSPS) is 13.1. The largest absolute Gasteiger partial charge is 0.384 e. The van der Waals surface area contributed by atoms with Crippen LogP contribution in [0.4, 0.5) is 0 Å². The van der Waals surface area contributed by atoms with Crippen molar-refractivity contribution in [3.63, 3.8) is 0 Å². The summed E-state index contributed by atoms with van der Waals surface area (Å²) >= 11 is 1.59. The van der Waals surface area contributed by atoms with E-state index in [9.17, 15) is 5.11 Å². The van der Waals surface area contributed by atoms with E-state index < -0.39 is 6.10 Å². The van der Waals surface area contributed by atoms with Crippen LogP contribution in [-0.2, 0) is 0 Å². The molecule has 14 heavy (non-hydrogen) atoms. The van der Waals surface area contributed by atoms with Crippen LogP contribution in [0.2, 0.25) is 0 Å². The first-order valence-corrected chi connectivity index (χ1v) is 5.17. The van der Waals surface area contributed by atoms with Gasteiger partial charge in [0, 0.05) is 10.9 Å². The smallest absolute Gasteiger partial charge is 0.255 e. The van der Waals surface area contributed by atoms with Gasteiger partial charge in [0.25, 0.3) is 5.89 Å². The molecule has 0 aliphatic heterocycles. The Morgan fingerprint density at radius 3 is 2.79 bits per heavy atom. The molecule has 2 aromatic rings. The fraction of sp³-hybridized carbons (Fsp3) is 0.333. The third-order valence-corrected chi connectivity index (χ3v) is 2.76. The molecule has 5 heteroatoms. The van der Waals surface area contributed by atoms with Crippen LogP contribution < -0.4 is 0 Å². The van der Waals surface area contributed by atoms with Gasteiger partial charge in [-0.15, -0.1) is 0 Å². The van der Waals surface area contributed by atoms with Gasteiger partial charge in [0.05, 0.1) is 0 Å². The highest BCUT2D eigenvalue weighted by Gasteiger charge is 2.14. The summed E-state index contributed by atoms with van der Waals surface area (Å²) in [6, 6.07) is 0. The lowest BCUT2D eigenvalue weighted by atomic mass is 10.2. The molecule has 2 heterocycles. The van der Waals surface area contributed by atoms with Gasteiger partial charge >= 0.3 is 0 Å². The fourth-order valence-corrected chi connectivity index (χ4v) is 1.93. The van der Waals surface area contributed by atoms with Gasteiger partial charge in [-0.1, -0.05) is 5.16 Å². The topological polar surface area (TPSA) is 59.2 Å². The second-order valence-corrected chi connectivity index (χ2v) is 3.84. The summed E-state index contributed by atoms with van der Waals surface area (Å²) in [5.74, 6) is 0.797. The monoisotopic (exact) mass is 210 g/mol. The standard InChI is InChI=1S/C9H10N2O2S/c1-5-3-14-4-7(5)8-10-9(6(2)12)13-11-8/h3-4,6,12H,1-2H3. The van der Waals surface area contributed by atoms with Gasteiger partial charge in [-0.25, -0.2) is 0 Å². The zero-order chi connectivity index (χ0) is 10.1. The first kappa shape index (κ1) is 9.36. The van der Waals surface area contributed by atoms with Gasteiger partial charge in [-0.05, 0) is 24.8 Å². The molecule has 0 fully saturated rings. The van der Waals surface area contributed by atoms with Gasteiger partial charge in [0.2, 0.25) is 5.82 Å².